The number of hydrogen-bond donors (Lipinski definition) is 0. The maximum Gasteiger partial charge on any atom is 0.154 e. The molecule has 0 spiro atoms. The van der Waals surface area contributed by atoms with Gasteiger partial charge in [-0.15, -0.1) is 0 Å². The van der Waals surface area contributed by atoms with Crippen LogP contribution in [-0.2, 0) is 0 Å². The van der Waals surface area contributed by atoms with E-state index in [1.54, 1.807) is 6.08 Å². The SMILES string of the molecule is Cc1ccc(N(c2ccc(C)cc2)C2C=CC(F)=C(F)C2)cc1. The van der Waals surface area contributed by atoms with Gasteiger partial charge in [-0.3, -0.25) is 0 Å². The van der Waals surface area contributed by atoms with Crippen LogP contribution in [0, 0.1) is 13.8 Å². The standard InChI is InChI=1S/C20H19F2N/c1-14-3-7-16(8-4-14)23(17-9-5-15(2)6-10-17)18-11-12-19(21)20(22)13-18/h3-12,18H,13H2,1-2H3. The van der Waals surface area contributed by atoms with Crippen molar-refractivity contribution in [3.63, 3.8) is 0 Å². The average molecular weight is 311 g/mol. The van der Waals surface area contributed by atoms with Crippen LogP contribution in [0.4, 0.5) is 20.2 Å². The number of allylic oxidation sites excluding steroid dienone is 2. The van der Waals surface area contributed by atoms with Gasteiger partial charge in [0.1, 0.15) is 5.83 Å². The van der Waals surface area contributed by atoms with Gasteiger partial charge in [-0.2, -0.15) is 0 Å². The van der Waals surface area contributed by atoms with Gasteiger partial charge in [0.25, 0.3) is 0 Å². The monoisotopic (exact) mass is 311 g/mol. The molecule has 1 aliphatic rings. The van der Waals surface area contributed by atoms with E-state index < -0.39 is 11.7 Å². The molecule has 1 nitrogen and oxygen atoms in total. The summed E-state index contributed by atoms with van der Waals surface area (Å²) in [6.07, 6.45) is 2.97. The van der Waals surface area contributed by atoms with Gasteiger partial charge in [0.05, 0.1) is 6.04 Å². The highest BCUT2D eigenvalue weighted by Crippen LogP contribution is 2.34. The second kappa shape index (κ2) is 6.37. The van der Waals surface area contributed by atoms with Crippen LogP contribution < -0.4 is 4.90 Å². The molecular formula is C20H19F2N. The van der Waals surface area contributed by atoms with Gasteiger partial charge in [0.15, 0.2) is 5.83 Å². The lowest BCUT2D eigenvalue weighted by molar-refractivity contribution is 0.497. The highest BCUT2D eigenvalue weighted by molar-refractivity contribution is 5.66. The molecule has 0 N–H and O–H groups in total. The Kier molecular flexibility index (Phi) is 4.28. The molecule has 2 aromatic carbocycles. The third-order valence-corrected chi connectivity index (χ3v) is 4.07. The fourth-order valence-electron chi connectivity index (χ4n) is 2.76. The van der Waals surface area contributed by atoms with Crippen LogP contribution in [0.25, 0.3) is 0 Å². The molecule has 0 amide bonds. The largest absolute Gasteiger partial charge is 0.334 e. The number of anilines is 2. The van der Waals surface area contributed by atoms with Crippen LogP contribution in [-0.4, -0.2) is 6.04 Å². The number of rotatable bonds is 3. The number of hydrogen-bond acceptors (Lipinski definition) is 1. The first-order valence-corrected chi connectivity index (χ1v) is 7.69. The summed E-state index contributed by atoms with van der Waals surface area (Å²) in [7, 11) is 0. The molecule has 1 aliphatic carbocycles. The number of aryl methyl sites for hydroxylation is 2. The lowest BCUT2D eigenvalue weighted by Gasteiger charge is -2.33. The second-order valence-corrected chi connectivity index (χ2v) is 5.92. The fourth-order valence-corrected chi connectivity index (χ4v) is 2.76. The summed E-state index contributed by atoms with van der Waals surface area (Å²) >= 11 is 0. The minimum absolute atomic E-state index is 0.0318. The number of nitrogens with zero attached hydrogens (tertiary/aromatic N) is 1. The van der Waals surface area contributed by atoms with E-state index in [4.69, 9.17) is 0 Å². The Morgan fingerprint density at radius 1 is 0.826 bits per heavy atom. The van der Waals surface area contributed by atoms with Crippen LogP contribution >= 0.6 is 0 Å². The van der Waals surface area contributed by atoms with Gasteiger partial charge in [0.2, 0.25) is 0 Å². The van der Waals surface area contributed by atoms with Crippen molar-refractivity contribution >= 4 is 11.4 Å². The van der Waals surface area contributed by atoms with Gasteiger partial charge in [-0.1, -0.05) is 41.5 Å². The Morgan fingerprint density at radius 2 is 1.30 bits per heavy atom. The summed E-state index contributed by atoms with van der Waals surface area (Å²) in [6, 6.07) is 15.9. The smallest absolute Gasteiger partial charge is 0.154 e. The van der Waals surface area contributed by atoms with Crippen LogP contribution in [0.5, 0.6) is 0 Å². The van der Waals surface area contributed by atoms with Crippen molar-refractivity contribution in [3.05, 3.63) is 83.5 Å². The van der Waals surface area contributed by atoms with Gasteiger partial charge in [-0.05, 0) is 44.2 Å². The Bertz CT molecular complexity index is 697. The van der Waals surface area contributed by atoms with Crippen LogP contribution in [0.1, 0.15) is 17.5 Å². The summed E-state index contributed by atoms with van der Waals surface area (Å²) in [5.74, 6) is -1.46. The molecule has 0 heterocycles. The van der Waals surface area contributed by atoms with Crippen LogP contribution in [0.3, 0.4) is 0 Å². The molecule has 0 saturated carbocycles. The van der Waals surface area contributed by atoms with Crippen LogP contribution in [0.15, 0.2) is 72.3 Å². The van der Waals surface area contributed by atoms with E-state index in [0.717, 1.165) is 22.5 Å². The van der Waals surface area contributed by atoms with E-state index >= 15 is 0 Å². The van der Waals surface area contributed by atoms with Crippen molar-refractivity contribution in [1.29, 1.82) is 0 Å². The lowest BCUT2D eigenvalue weighted by atomic mass is 10.0. The Morgan fingerprint density at radius 3 is 1.74 bits per heavy atom. The molecule has 0 saturated heterocycles. The van der Waals surface area contributed by atoms with Crippen molar-refractivity contribution in [2.75, 3.05) is 4.90 Å². The van der Waals surface area contributed by atoms with Gasteiger partial charge >= 0.3 is 0 Å². The van der Waals surface area contributed by atoms with E-state index in [2.05, 4.69) is 0 Å². The molecule has 23 heavy (non-hydrogen) atoms. The van der Waals surface area contributed by atoms with E-state index in [1.807, 2.05) is 67.3 Å². The first kappa shape index (κ1) is 15.5. The van der Waals surface area contributed by atoms with E-state index in [1.165, 1.54) is 6.08 Å². The molecule has 0 aromatic heterocycles. The summed E-state index contributed by atoms with van der Waals surface area (Å²) < 4.78 is 27.1. The van der Waals surface area contributed by atoms with E-state index in [9.17, 15) is 8.78 Å². The third kappa shape index (κ3) is 3.34. The summed E-state index contributed by atoms with van der Waals surface area (Å²) in [4.78, 5) is 2.04. The lowest BCUT2D eigenvalue weighted by Crippen LogP contribution is -2.30. The van der Waals surface area contributed by atoms with Crippen molar-refractivity contribution in [3.8, 4) is 0 Å². The molecule has 0 radical (unpaired) electrons. The summed E-state index contributed by atoms with van der Waals surface area (Å²) in [5.41, 5.74) is 4.25. The van der Waals surface area contributed by atoms with Gasteiger partial charge < -0.3 is 4.90 Å². The van der Waals surface area contributed by atoms with Crippen molar-refractivity contribution in [2.24, 2.45) is 0 Å². The maximum atomic E-state index is 13.8. The first-order chi connectivity index (χ1) is 11.0. The molecule has 118 valence electrons. The van der Waals surface area contributed by atoms with Gasteiger partial charge in [-0.25, -0.2) is 8.78 Å². The van der Waals surface area contributed by atoms with Crippen molar-refractivity contribution in [2.45, 2.75) is 26.3 Å². The first-order valence-electron chi connectivity index (χ1n) is 7.69. The molecule has 0 fully saturated rings. The Hall–Kier alpha value is -2.42. The van der Waals surface area contributed by atoms with Gasteiger partial charge in [0, 0.05) is 17.8 Å². The minimum atomic E-state index is -0.769. The highest BCUT2D eigenvalue weighted by Gasteiger charge is 2.24. The molecule has 1 unspecified atom stereocenters. The zero-order chi connectivity index (χ0) is 16.4. The third-order valence-electron chi connectivity index (χ3n) is 4.07. The quantitative estimate of drug-likeness (QED) is 0.680. The fraction of sp³-hybridized carbons (Fsp3) is 0.200. The predicted octanol–water partition coefficient (Wildman–Crippen LogP) is 5.92. The molecule has 1 atom stereocenters. The molecule has 3 rings (SSSR count). The Balaban J connectivity index is 2.02. The Labute approximate surface area is 135 Å². The minimum Gasteiger partial charge on any atom is -0.334 e. The normalized spacial score (nSPS) is 17.5. The number of benzene rings is 2. The van der Waals surface area contributed by atoms with Crippen LogP contribution in [0.2, 0.25) is 0 Å². The molecule has 0 aliphatic heterocycles. The molecule has 2 aromatic rings. The van der Waals surface area contributed by atoms with E-state index in [-0.39, 0.29) is 12.5 Å². The topological polar surface area (TPSA) is 3.24 Å². The molecule has 0 bridgehead atoms. The second-order valence-electron chi connectivity index (χ2n) is 5.92. The van der Waals surface area contributed by atoms with Crippen molar-refractivity contribution < 1.29 is 8.78 Å². The maximum absolute atomic E-state index is 13.8. The number of halogens is 2. The van der Waals surface area contributed by atoms with E-state index in [0.29, 0.717) is 0 Å². The predicted molar refractivity (Wildman–Crippen MR) is 91.3 cm³/mol. The molecule has 3 heteroatoms. The average Bonchev–Trinajstić information content (AvgIpc) is 2.55. The highest BCUT2D eigenvalue weighted by atomic mass is 19.2. The summed E-state index contributed by atoms with van der Waals surface area (Å²) in [5, 5.41) is 0. The van der Waals surface area contributed by atoms with Crippen molar-refractivity contribution in [1.82, 2.24) is 0 Å². The zero-order valence-electron chi connectivity index (χ0n) is 13.3. The zero-order valence-corrected chi connectivity index (χ0v) is 13.3. The molecular weight excluding hydrogens is 292 g/mol. The summed E-state index contributed by atoms with van der Waals surface area (Å²) in [6.45, 7) is 4.05.